The maximum absolute atomic E-state index is 12.6. The zero-order valence-corrected chi connectivity index (χ0v) is 15.8. The quantitative estimate of drug-likeness (QED) is 0.507. The van der Waals surface area contributed by atoms with E-state index in [1.165, 1.54) is 0 Å². The van der Waals surface area contributed by atoms with E-state index in [9.17, 15) is 8.42 Å². The molecule has 0 amide bonds. The van der Waals surface area contributed by atoms with Crippen LogP contribution in [-0.2, 0) is 10.0 Å². The number of benzene rings is 1. The van der Waals surface area contributed by atoms with Gasteiger partial charge in [-0.1, -0.05) is 38.1 Å². The highest BCUT2D eigenvalue weighted by Gasteiger charge is 2.19. The molecular formula is C18H21N3O2S2. The summed E-state index contributed by atoms with van der Waals surface area (Å²) < 4.78 is 29.9. The van der Waals surface area contributed by atoms with Gasteiger partial charge < -0.3 is 0 Å². The highest BCUT2D eigenvalue weighted by Crippen LogP contribution is 2.23. The van der Waals surface area contributed by atoms with Crippen LogP contribution in [-0.4, -0.2) is 30.1 Å². The van der Waals surface area contributed by atoms with E-state index in [4.69, 9.17) is 0 Å². The number of pyridine rings is 1. The second kappa shape index (κ2) is 7.59. The minimum absolute atomic E-state index is 0.154. The third kappa shape index (κ3) is 4.05. The number of hydrogen-bond donors (Lipinski definition) is 1. The smallest absolute Gasteiger partial charge is 0.240 e. The van der Waals surface area contributed by atoms with Gasteiger partial charge in [0.05, 0.1) is 9.92 Å². The Morgan fingerprint density at radius 3 is 2.76 bits per heavy atom. The second-order valence-electron chi connectivity index (χ2n) is 5.96. The minimum atomic E-state index is -3.50. The molecule has 25 heavy (non-hydrogen) atoms. The van der Waals surface area contributed by atoms with Crippen molar-refractivity contribution in [2.75, 3.05) is 12.3 Å². The van der Waals surface area contributed by atoms with E-state index in [1.807, 2.05) is 54.8 Å². The molecule has 0 bridgehead atoms. The third-order valence-electron chi connectivity index (χ3n) is 3.87. The number of thioether (sulfide) groups is 1. The summed E-state index contributed by atoms with van der Waals surface area (Å²) in [5.41, 5.74) is 1.72. The molecule has 132 valence electrons. The SMILES string of the molecule is CC(C)c1ccccc1S(=O)(=O)NCCSc1cccc2nccn12. The highest BCUT2D eigenvalue weighted by molar-refractivity contribution is 7.99. The Kier molecular flexibility index (Phi) is 5.46. The van der Waals surface area contributed by atoms with Crippen LogP contribution < -0.4 is 4.72 Å². The number of fused-ring (bicyclic) bond motifs is 1. The molecule has 2 aromatic heterocycles. The third-order valence-corrected chi connectivity index (χ3v) is 6.44. The van der Waals surface area contributed by atoms with Crippen LogP contribution >= 0.6 is 11.8 Å². The second-order valence-corrected chi connectivity index (χ2v) is 8.81. The molecule has 3 rings (SSSR count). The van der Waals surface area contributed by atoms with E-state index in [0.29, 0.717) is 17.2 Å². The van der Waals surface area contributed by atoms with Crippen molar-refractivity contribution in [2.45, 2.75) is 29.7 Å². The number of imidazole rings is 1. The number of sulfonamides is 1. The summed E-state index contributed by atoms with van der Waals surface area (Å²) in [7, 11) is -3.50. The van der Waals surface area contributed by atoms with Gasteiger partial charge in [0.15, 0.2) is 0 Å². The molecule has 3 aromatic rings. The predicted molar refractivity (Wildman–Crippen MR) is 102 cm³/mol. The lowest BCUT2D eigenvalue weighted by Gasteiger charge is -2.13. The number of aromatic nitrogens is 2. The average molecular weight is 376 g/mol. The van der Waals surface area contributed by atoms with Gasteiger partial charge in [0.2, 0.25) is 10.0 Å². The molecule has 0 spiro atoms. The maximum atomic E-state index is 12.6. The fourth-order valence-electron chi connectivity index (χ4n) is 2.65. The minimum Gasteiger partial charge on any atom is -0.294 e. The van der Waals surface area contributed by atoms with Crippen LogP contribution in [0.5, 0.6) is 0 Å². The Bertz CT molecular complexity index is 965. The molecule has 0 aliphatic rings. The van der Waals surface area contributed by atoms with Crippen molar-refractivity contribution in [2.24, 2.45) is 0 Å². The van der Waals surface area contributed by atoms with Crippen molar-refractivity contribution in [3.63, 3.8) is 0 Å². The molecule has 0 saturated carbocycles. The van der Waals surface area contributed by atoms with E-state index < -0.39 is 10.0 Å². The first kappa shape index (κ1) is 18.0. The van der Waals surface area contributed by atoms with Crippen LogP contribution in [0.4, 0.5) is 0 Å². The highest BCUT2D eigenvalue weighted by atomic mass is 32.2. The molecule has 0 saturated heterocycles. The van der Waals surface area contributed by atoms with Crippen molar-refractivity contribution in [1.29, 1.82) is 0 Å². The molecule has 1 aromatic carbocycles. The fourth-order valence-corrected chi connectivity index (χ4v) is 5.06. The lowest BCUT2D eigenvalue weighted by atomic mass is 10.0. The van der Waals surface area contributed by atoms with Crippen LogP contribution in [0.15, 0.2) is 64.8 Å². The predicted octanol–water partition coefficient (Wildman–Crippen LogP) is 3.53. The van der Waals surface area contributed by atoms with Crippen molar-refractivity contribution in [1.82, 2.24) is 14.1 Å². The molecule has 0 radical (unpaired) electrons. The van der Waals surface area contributed by atoms with Crippen LogP contribution in [0, 0.1) is 0 Å². The van der Waals surface area contributed by atoms with Gasteiger partial charge in [-0.3, -0.25) is 4.40 Å². The van der Waals surface area contributed by atoms with E-state index in [2.05, 4.69) is 9.71 Å². The van der Waals surface area contributed by atoms with Gasteiger partial charge in [0.1, 0.15) is 5.65 Å². The molecule has 0 atom stereocenters. The number of nitrogens with one attached hydrogen (secondary N) is 1. The Morgan fingerprint density at radius 1 is 1.16 bits per heavy atom. The van der Waals surface area contributed by atoms with Crippen molar-refractivity contribution in [3.05, 3.63) is 60.4 Å². The molecule has 5 nitrogen and oxygen atoms in total. The summed E-state index contributed by atoms with van der Waals surface area (Å²) in [5.74, 6) is 0.793. The fraction of sp³-hybridized carbons (Fsp3) is 0.278. The molecule has 0 fully saturated rings. The van der Waals surface area contributed by atoms with Gasteiger partial charge in [-0.15, -0.1) is 11.8 Å². The zero-order valence-electron chi connectivity index (χ0n) is 14.2. The first-order valence-corrected chi connectivity index (χ1v) is 10.6. The van der Waals surface area contributed by atoms with Crippen molar-refractivity contribution in [3.8, 4) is 0 Å². The molecule has 2 heterocycles. The summed E-state index contributed by atoms with van der Waals surface area (Å²) in [6.45, 7) is 4.36. The van der Waals surface area contributed by atoms with E-state index in [0.717, 1.165) is 16.2 Å². The van der Waals surface area contributed by atoms with Crippen LogP contribution in [0.3, 0.4) is 0 Å². The number of hydrogen-bond acceptors (Lipinski definition) is 4. The first-order chi connectivity index (χ1) is 12.0. The summed E-state index contributed by atoms with van der Waals surface area (Å²) in [6.07, 6.45) is 3.66. The van der Waals surface area contributed by atoms with Gasteiger partial charge in [-0.2, -0.15) is 0 Å². The molecule has 7 heteroatoms. The van der Waals surface area contributed by atoms with Crippen LogP contribution in [0.1, 0.15) is 25.3 Å². The zero-order chi connectivity index (χ0) is 17.9. The standard InChI is InChI=1S/C18H21N3O2S2/c1-14(2)15-6-3-4-7-16(15)25(22,23)20-11-13-24-18-9-5-8-17-19-10-12-21(17)18/h3-10,12,14,20H,11,13H2,1-2H3. The Labute approximate surface area is 152 Å². The Hall–Kier alpha value is -1.83. The van der Waals surface area contributed by atoms with Crippen LogP contribution in [0.2, 0.25) is 0 Å². The topological polar surface area (TPSA) is 63.5 Å². The van der Waals surface area contributed by atoms with Gasteiger partial charge >= 0.3 is 0 Å². The Balaban J connectivity index is 1.65. The molecule has 0 unspecified atom stereocenters. The summed E-state index contributed by atoms with van der Waals surface area (Å²) in [4.78, 5) is 4.62. The summed E-state index contributed by atoms with van der Waals surface area (Å²) in [6, 6.07) is 13.1. The maximum Gasteiger partial charge on any atom is 0.240 e. The van der Waals surface area contributed by atoms with Crippen LogP contribution in [0.25, 0.3) is 5.65 Å². The number of nitrogens with zero attached hydrogens (tertiary/aromatic N) is 2. The van der Waals surface area contributed by atoms with Crippen molar-refractivity contribution < 1.29 is 8.42 Å². The monoisotopic (exact) mass is 375 g/mol. The van der Waals surface area contributed by atoms with Gasteiger partial charge in [-0.25, -0.2) is 18.1 Å². The first-order valence-electron chi connectivity index (χ1n) is 8.12. The lowest BCUT2D eigenvalue weighted by Crippen LogP contribution is -2.27. The van der Waals surface area contributed by atoms with Gasteiger partial charge in [-0.05, 0) is 29.7 Å². The summed E-state index contributed by atoms with van der Waals surface area (Å²) >= 11 is 1.60. The summed E-state index contributed by atoms with van der Waals surface area (Å²) in [5, 5.41) is 1.04. The Morgan fingerprint density at radius 2 is 1.96 bits per heavy atom. The van der Waals surface area contributed by atoms with E-state index >= 15 is 0 Å². The largest absolute Gasteiger partial charge is 0.294 e. The van der Waals surface area contributed by atoms with Gasteiger partial charge in [0, 0.05) is 24.7 Å². The van der Waals surface area contributed by atoms with Gasteiger partial charge in [0.25, 0.3) is 0 Å². The molecule has 0 aliphatic heterocycles. The van der Waals surface area contributed by atoms with Crippen molar-refractivity contribution >= 4 is 27.4 Å². The van der Waals surface area contributed by atoms with E-state index in [-0.39, 0.29) is 5.92 Å². The molecular weight excluding hydrogens is 354 g/mol. The molecule has 1 N–H and O–H groups in total. The van der Waals surface area contributed by atoms with E-state index in [1.54, 1.807) is 30.1 Å². The molecule has 0 aliphatic carbocycles. The normalized spacial score (nSPS) is 12.1. The number of rotatable bonds is 7. The average Bonchev–Trinajstić information content (AvgIpc) is 3.08. The lowest BCUT2D eigenvalue weighted by molar-refractivity contribution is 0.582.